The Morgan fingerprint density at radius 2 is 2.05 bits per heavy atom. The molecule has 0 unspecified atom stereocenters. The summed E-state index contributed by atoms with van der Waals surface area (Å²) >= 11 is 1.62. The van der Waals surface area contributed by atoms with Gasteiger partial charge in [-0.25, -0.2) is 9.97 Å². The molecule has 0 aliphatic carbocycles. The van der Waals surface area contributed by atoms with Gasteiger partial charge in [-0.2, -0.15) is 0 Å². The molecule has 4 nitrogen and oxygen atoms in total. The molecule has 1 heterocycles. The van der Waals surface area contributed by atoms with Crippen molar-refractivity contribution in [2.24, 2.45) is 0 Å². The highest BCUT2D eigenvalue weighted by molar-refractivity contribution is 7.98. The maximum absolute atomic E-state index is 5.85. The van der Waals surface area contributed by atoms with E-state index in [1.165, 1.54) is 5.56 Å². The minimum Gasteiger partial charge on any atom is -0.399 e. The Kier molecular flexibility index (Phi) is 4.84. The van der Waals surface area contributed by atoms with Crippen molar-refractivity contribution in [3.8, 4) is 0 Å². The van der Waals surface area contributed by atoms with Gasteiger partial charge in [0.15, 0.2) is 0 Å². The molecule has 0 bridgehead atoms. The maximum atomic E-state index is 5.85. The van der Waals surface area contributed by atoms with Crippen LogP contribution in [0.15, 0.2) is 41.7 Å². The molecular weight excluding hydrogens is 268 g/mol. The lowest BCUT2D eigenvalue weighted by molar-refractivity contribution is 0.669. The second-order valence-electron chi connectivity index (χ2n) is 4.89. The topological polar surface area (TPSA) is 55.0 Å². The molecule has 0 saturated heterocycles. The van der Waals surface area contributed by atoms with Crippen LogP contribution < -0.4 is 10.6 Å². The Labute approximate surface area is 124 Å². The van der Waals surface area contributed by atoms with Crippen LogP contribution in [0.5, 0.6) is 0 Å². The number of nitrogens with zero attached hydrogens (tertiary/aromatic N) is 3. The highest BCUT2D eigenvalue weighted by atomic mass is 32.2. The lowest BCUT2D eigenvalue weighted by Gasteiger charge is -2.28. The van der Waals surface area contributed by atoms with Gasteiger partial charge in [-0.15, -0.1) is 11.8 Å². The first kappa shape index (κ1) is 14.7. The maximum Gasteiger partial charge on any atom is 0.133 e. The van der Waals surface area contributed by atoms with Crippen LogP contribution in [0.3, 0.4) is 0 Å². The minimum absolute atomic E-state index is 0.348. The van der Waals surface area contributed by atoms with Crippen molar-refractivity contribution in [3.63, 3.8) is 0 Å². The highest BCUT2D eigenvalue weighted by Crippen LogP contribution is 2.21. The van der Waals surface area contributed by atoms with E-state index in [9.17, 15) is 0 Å². The number of anilines is 2. The molecule has 0 amide bonds. The average molecular weight is 288 g/mol. The average Bonchev–Trinajstić information content (AvgIpc) is 2.44. The van der Waals surface area contributed by atoms with Crippen molar-refractivity contribution >= 4 is 23.3 Å². The van der Waals surface area contributed by atoms with Gasteiger partial charge in [0, 0.05) is 24.3 Å². The van der Waals surface area contributed by atoms with E-state index in [0.717, 1.165) is 23.1 Å². The van der Waals surface area contributed by atoms with Crippen molar-refractivity contribution in [2.45, 2.75) is 31.5 Å². The smallest absolute Gasteiger partial charge is 0.133 e. The van der Waals surface area contributed by atoms with E-state index in [1.807, 2.05) is 30.5 Å². The summed E-state index contributed by atoms with van der Waals surface area (Å²) in [5.41, 5.74) is 7.82. The minimum atomic E-state index is 0.348. The summed E-state index contributed by atoms with van der Waals surface area (Å²) in [5, 5.41) is 0.980. The van der Waals surface area contributed by atoms with Gasteiger partial charge in [0.05, 0.1) is 0 Å². The summed E-state index contributed by atoms with van der Waals surface area (Å²) in [6, 6.07) is 10.3. The van der Waals surface area contributed by atoms with Gasteiger partial charge in [-0.3, -0.25) is 0 Å². The predicted octanol–water partition coefficient (Wildman–Crippen LogP) is 3.20. The van der Waals surface area contributed by atoms with E-state index in [2.05, 4.69) is 34.8 Å². The Hall–Kier alpha value is -1.75. The number of hydrogen-bond acceptors (Lipinski definition) is 5. The number of rotatable bonds is 5. The number of hydrogen-bond donors (Lipinski definition) is 1. The van der Waals surface area contributed by atoms with Crippen LogP contribution in [-0.2, 0) is 6.54 Å². The van der Waals surface area contributed by atoms with E-state index in [-0.39, 0.29) is 0 Å². The van der Waals surface area contributed by atoms with Crippen molar-refractivity contribution in [1.29, 1.82) is 0 Å². The lowest BCUT2D eigenvalue weighted by Crippen LogP contribution is -2.31. The van der Waals surface area contributed by atoms with E-state index in [4.69, 9.17) is 5.73 Å². The van der Waals surface area contributed by atoms with Gasteiger partial charge < -0.3 is 10.6 Å². The molecule has 0 radical (unpaired) electrons. The summed E-state index contributed by atoms with van der Waals surface area (Å²) in [7, 11) is 0. The molecular formula is C15H20N4S. The zero-order valence-electron chi connectivity index (χ0n) is 12.1. The summed E-state index contributed by atoms with van der Waals surface area (Å²) in [4.78, 5) is 10.9. The third kappa shape index (κ3) is 3.63. The molecule has 2 N–H and O–H groups in total. The van der Waals surface area contributed by atoms with Crippen LogP contribution in [0.25, 0.3) is 0 Å². The second-order valence-corrected chi connectivity index (χ2v) is 5.71. The van der Waals surface area contributed by atoms with Crippen LogP contribution in [0, 0.1) is 0 Å². The van der Waals surface area contributed by atoms with Gasteiger partial charge in [-0.1, -0.05) is 12.1 Å². The molecule has 5 heteroatoms. The summed E-state index contributed by atoms with van der Waals surface area (Å²) in [6.07, 6.45) is 3.64. The van der Waals surface area contributed by atoms with E-state index < -0.39 is 0 Å². The van der Waals surface area contributed by atoms with Crippen LogP contribution in [0.2, 0.25) is 0 Å². The van der Waals surface area contributed by atoms with Gasteiger partial charge in [0.1, 0.15) is 17.2 Å². The third-order valence-corrected chi connectivity index (χ3v) is 3.70. The zero-order valence-corrected chi connectivity index (χ0v) is 12.9. The molecule has 0 fully saturated rings. The lowest BCUT2D eigenvalue weighted by atomic mass is 10.1. The van der Waals surface area contributed by atoms with Crippen molar-refractivity contribution in [3.05, 3.63) is 42.2 Å². The number of aromatic nitrogens is 2. The molecule has 1 aromatic carbocycles. The van der Waals surface area contributed by atoms with Gasteiger partial charge in [0.25, 0.3) is 0 Å². The van der Waals surface area contributed by atoms with Crippen molar-refractivity contribution < 1.29 is 0 Å². The molecule has 2 aromatic rings. The molecule has 20 heavy (non-hydrogen) atoms. The first-order valence-corrected chi connectivity index (χ1v) is 7.79. The Balaban J connectivity index is 2.27. The van der Waals surface area contributed by atoms with Crippen LogP contribution in [0.4, 0.5) is 11.5 Å². The second kappa shape index (κ2) is 6.61. The number of benzene rings is 1. The summed E-state index contributed by atoms with van der Waals surface area (Å²) in [6.45, 7) is 5.11. The highest BCUT2D eigenvalue weighted by Gasteiger charge is 2.13. The fraction of sp³-hybridized carbons (Fsp3) is 0.333. The Morgan fingerprint density at radius 3 is 2.70 bits per heavy atom. The first-order chi connectivity index (χ1) is 9.60. The Bertz CT molecular complexity index is 571. The third-order valence-electron chi connectivity index (χ3n) is 3.06. The first-order valence-electron chi connectivity index (χ1n) is 6.57. The van der Waals surface area contributed by atoms with Crippen LogP contribution in [-0.4, -0.2) is 22.3 Å². The van der Waals surface area contributed by atoms with Crippen molar-refractivity contribution in [1.82, 2.24) is 9.97 Å². The number of nitrogens with two attached hydrogens (primary N) is 1. The quantitative estimate of drug-likeness (QED) is 0.520. The van der Waals surface area contributed by atoms with Crippen LogP contribution in [0.1, 0.15) is 19.4 Å². The van der Waals surface area contributed by atoms with E-state index in [1.54, 1.807) is 18.1 Å². The molecule has 0 spiro atoms. The fourth-order valence-electron chi connectivity index (χ4n) is 2.01. The van der Waals surface area contributed by atoms with E-state index in [0.29, 0.717) is 6.04 Å². The molecule has 0 saturated carbocycles. The largest absolute Gasteiger partial charge is 0.399 e. The molecule has 0 atom stereocenters. The monoisotopic (exact) mass is 288 g/mol. The number of thioether (sulfide) groups is 1. The summed E-state index contributed by atoms with van der Waals surface area (Å²) in [5.74, 6) is 0.946. The van der Waals surface area contributed by atoms with E-state index >= 15 is 0 Å². The standard InChI is InChI=1S/C15H20N4S/c1-11(2)19(9-12-5-4-6-13(16)7-12)14-8-15(20-3)18-10-17-14/h4-8,10-11H,9,16H2,1-3H3. The fourth-order valence-corrected chi connectivity index (χ4v) is 2.39. The molecule has 0 aliphatic heterocycles. The molecule has 106 valence electrons. The van der Waals surface area contributed by atoms with Crippen molar-refractivity contribution in [2.75, 3.05) is 16.9 Å². The zero-order chi connectivity index (χ0) is 14.5. The molecule has 0 aliphatic rings. The molecule has 1 aromatic heterocycles. The summed E-state index contributed by atoms with van der Waals surface area (Å²) < 4.78 is 0. The predicted molar refractivity (Wildman–Crippen MR) is 86.0 cm³/mol. The number of nitrogen functional groups attached to an aromatic ring is 1. The van der Waals surface area contributed by atoms with Crippen LogP contribution >= 0.6 is 11.8 Å². The SMILES string of the molecule is CSc1cc(N(Cc2cccc(N)c2)C(C)C)ncn1. The van der Waals surface area contributed by atoms with Gasteiger partial charge in [-0.05, 0) is 37.8 Å². The normalized spacial score (nSPS) is 10.8. The molecule has 2 rings (SSSR count). The van der Waals surface area contributed by atoms with Gasteiger partial charge >= 0.3 is 0 Å². The Morgan fingerprint density at radius 1 is 1.25 bits per heavy atom. The van der Waals surface area contributed by atoms with Gasteiger partial charge in [0.2, 0.25) is 0 Å².